The second-order valence-electron chi connectivity index (χ2n) is 6.65. The Morgan fingerprint density at radius 1 is 1.21 bits per heavy atom. The number of thiocarbonyl (C=S) groups is 1. The summed E-state index contributed by atoms with van der Waals surface area (Å²) >= 11 is 6.61. The Morgan fingerprint density at radius 2 is 1.96 bits per heavy atom. The van der Waals surface area contributed by atoms with Crippen LogP contribution in [0.15, 0.2) is 35.2 Å². The lowest BCUT2D eigenvalue weighted by atomic mass is 10.2. The summed E-state index contributed by atoms with van der Waals surface area (Å²) in [6, 6.07) is 9.67. The monoisotopic (exact) mass is 419 g/mol. The summed E-state index contributed by atoms with van der Waals surface area (Å²) in [7, 11) is 0. The zero-order valence-corrected chi connectivity index (χ0v) is 17.4. The van der Waals surface area contributed by atoms with Gasteiger partial charge in [-0.05, 0) is 24.6 Å². The third-order valence-electron chi connectivity index (χ3n) is 4.61. The van der Waals surface area contributed by atoms with Gasteiger partial charge in [0.2, 0.25) is 5.91 Å². The van der Waals surface area contributed by atoms with Crippen molar-refractivity contribution in [1.29, 1.82) is 0 Å². The molecule has 0 unspecified atom stereocenters. The number of rotatable bonds is 8. The Labute approximate surface area is 175 Å². The van der Waals surface area contributed by atoms with Crippen molar-refractivity contribution in [2.45, 2.75) is 12.8 Å². The lowest BCUT2D eigenvalue weighted by Crippen LogP contribution is -2.38. The van der Waals surface area contributed by atoms with Crippen molar-refractivity contribution >= 4 is 46.2 Å². The highest BCUT2D eigenvalue weighted by Crippen LogP contribution is 2.32. The molecule has 0 atom stereocenters. The van der Waals surface area contributed by atoms with E-state index in [9.17, 15) is 9.59 Å². The minimum absolute atomic E-state index is 0.0527. The van der Waals surface area contributed by atoms with Crippen LogP contribution < -0.4 is 5.32 Å². The molecule has 8 heteroatoms. The number of hydrogen-bond donors (Lipinski definition) is 1. The third kappa shape index (κ3) is 6.13. The molecule has 0 spiro atoms. The molecule has 0 aromatic heterocycles. The molecule has 2 aliphatic rings. The average molecular weight is 420 g/mol. The number of thioether (sulfide) groups is 1. The van der Waals surface area contributed by atoms with Gasteiger partial charge >= 0.3 is 0 Å². The maximum absolute atomic E-state index is 12.6. The molecule has 0 saturated carbocycles. The van der Waals surface area contributed by atoms with Gasteiger partial charge in [-0.25, -0.2) is 0 Å². The van der Waals surface area contributed by atoms with Crippen LogP contribution in [-0.4, -0.2) is 71.9 Å². The van der Waals surface area contributed by atoms with Crippen molar-refractivity contribution in [1.82, 2.24) is 15.1 Å². The van der Waals surface area contributed by atoms with Crippen LogP contribution in [0.3, 0.4) is 0 Å². The number of carbonyl (C=O) groups excluding carboxylic acids is 2. The average Bonchev–Trinajstić information content (AvgIpc) is 2.98. The van der Waals surface area contributed by atoms with E-state index in [1.807, 2.05) is 36.4 Å². The molecule has 1 aromatic carbocycles. The van der Waals surface area contributed by atoms with Crippen LogP contribution in [0.1, 0.15) is 18.4 Å². The molecule has 2 aliphatic heterocycles. The summed E-state index contributed by atoms with van der Waals surface area (Å²) in [5.41, 5.74) is 0.959. The highest BCUT2D eigenvalue weighted by molar-refractivity contribution is 8.26. The number of nitrogens with zero attached hydrogens (tertiary/aromatic N) is 2. The van der Waals surface area contributed by atoms with Gasteiger partial charge in [0.25, 0.3) is 5.91 Å². The predicted molar refractivity (Wildman–Crippen MR) is 116 cm³/mol. The Balaban J connectivity index is 1.38. The minimum atomic E-state index is -0.126. The van der Waals surface area contributed by atoms with E-state index in [-0.39, 0.29) is 18.2 Å². The first-order chi connectivity index (χ1) is 13.6. The van der Waals surface area contributed by atoms with Crippen molar-refractivity contribution in [3.63, 3.8) is 0 Å². The molecule has 0 radical (unpaired) electrons. The number of hydrogen-bond acceptors (Lipinski definition) is 6. The van der Waals surface area contributed by atoms with E-state index >= 15 is 0 Å². The fraction of sp³-hybridized carbons (Fsp3) is 0.450. The minimum Gasteiger partial charge on any atom is -0.379 e. The number of nitrogens with one attached hydrogen (secondary N) is 1. The molecular formula is C20H25N3O3S2. The summed E-state index contributed by atoms with van der Waals surface area (Å²) < 4.78 is 5.83. The molecule has 2 fully saturated rings. The van der Waals surface area contributed by atoms with Gasteiger partial charge in [-0.1, -0.05) is 54.3 Å². The molecule has 1 aromatic rings. The van der Waals surface area contributed by atoms with Crippen molar-refractivity contribution in [2.75, 3.05) is 45.9 Å². The van der Waals surface area contributed by atoms with Crippen LogP contribution in [0, 0.1) is 0 Å². The van der Waals surface area contributed by atoms with Gasteiger partial charge in [0.05, 0.1) is 18.1 Å². The van der Waals surface area contributed by atoms with Gasteiger partial charge in [0, 0.05) is 32.6 Å². The lowest BCUT2D eigenvalue weighted by Gasteiger charge is -2.26. The van der Waals surface area contributed by atoms with E-state index in [2.05, 4.69) is 10.2 Å². The molecule has 150 valence electrons. The van der Waals surface area contributed by atoms with Crippen LogP contribution in [0.5, 0.6) is 0 Å². The van der Waals surface area contributed by atoms with Gasteiger partial charge in [-0.2, -0.15) is 0 Å². The van der Waals surface area contributed by atoms with E-state index in [0.717, 1.165) is 44.8 Å². The van der Waals surface area contributed by atoms with Crippen molar-refractivity contribution < 1.29 is 14.3 Å². The zero-order chi connectivity index (χ0) is 19.8. The molecule has 6 nitrogen and oxygen atoms in total. The van der Waals surface area contributed by atoms with Crippen LogP contribution in [0.25, 0.3) is 6.08 Å². The lowest BCUT2D eigenvalue weighted by molar-refractivity contribution is -0.123. The highest BCUT2D eigenvalue weighted by Gasteiger charge is 2.31. The van der Waals surface area contributed by atoms with E-state index in [0.29, 0.717) is 22.3 Å². The third-order valence-corrected chi connectivity index (χ3v) is 5.99. The summed E-state index contributed by atoms with van der Waals surface area (Å²) in [4.78, 5) is 29.1. The van der Waals surface area contributed by atoms with Gasteiger partial charge in [-0.3, -0.25) is 19.4 Å². The Hall–Kier alpha value is -1.74. The Morgan fingerprint density at radius 3 is 2.71 bits per heavy atom. The quantitative estimate of drug-likeness (QED) is 0.396. The SMILES string of the molecule is O=C(CCN1C(=O)/C(=C/c2ccccc2)SC1=S)NCCCN1CCOCC1. The first-order valence-electron chi connectivity index (χ1n) is 9.51. The maximum atomic E-state index is 12.6. The highest BCUT2D eigenvalue weighted by atomic mass is 32.2. The number of amides is 2. The fourth-order valence-corrected chi connectivity index (χ4v) is 4.36. The van der Waals surface area contributed by atoms with Crippen LogP contribution in [0.4, 0.5) is 0 Å². The van der Waals surface area contributed by atoms with E-state index < -0.39 is 0 Å². The van der Waals surface area contributed by atoms with Crippen molar-refractivity contribution in [3.8, 4) is 0 Å². The molecular weight excluding hydrogens is 394 g/mol. The fourth-order valence-electron chi connectivity index (χ4n) is 3.05. The molecule has 2 saturated heterocycles. The van der Waals surface area contributed by atoms with Crippen LogP contribution in [-0.2, 0) is 14.3 Å². The normalized spacial score (nSPS) is 19.4. The standard InChI is InChI=1S/C20H25N3O3S2/c24-18(21-8-4-9-22-11-13-26-14-12-22)7-10-23-19(25)17(28-20(23)27)15-16-5-2-1-3-6-16/h1-3,5-6,15H,4,7-14H2,(H,21,24)/b17-15-. The first kappa shape index (κ1) is 21.0. The molecule has 28 heavy (non-hydrogen) atoms. The molecule has 3 rings (SSSR count). The smallest absolute Gasteiger partial charge is 0.266 e. The second-order valence-corrected chi connectivity index (χ2v) is 8.33. The predicted octanol–water partition coefficient (Wildman–Crippen LogP) is 2.12. The van der Waals surface area contributed by atoms with Crippen LogP contribution in [0.2, 0.25) is 0 Å². The molecule has 2 amide bonds. The van der Waals surface area contributed by atoms with Crippen molar-refractivity contribution in [2.24, 2.45) is 0 Å². The van der Waals surface area contributed by atoms with Gasteiger partial charge < -0.3 is 10.1 Å². The Bertz CT molecular complexity index is 733. The van der Waals surface area contributed by atoms with E-state index in [4.69, 9.17) is 17.0 Å². The van der Waals surface area contributed by atoms with Gasteiger partial charge in [0.1, 0.15) is 4.32 Å². The van der Waals surface area contributed by atoms with Crippen molar-refractivity contribution in [3.05, 3.63) is 40.8 Å². The molecule has 0 bridgehead atoms. The van der Waals surface area contributed by atoms with E-state index in [1.165, 1.54) is 16.7 Å². The summed E-state index contributed by atoms with van der Waals surface area (Å²) in [5, 5.41) is 2.93. The number of carbonyl (C=O) groups is 2. The summed E-state index contributed by atoms with van der Waals surface area (Å²) in [6.45, 7) is 5.40. The van der Waals surface area contributed by atoms with Crippen LogP contribution >= 0.6 is 24.0 Å². The number of morpholine rings is 1. The number of benzene rings is 1. The number of ether oxygens (including phenoxy) is 1. The zero-order valence-electron chi connectivity index (χ0n) is 15.8. The first-order valence-corrected chi connectivity index (χ1v) is 10.7. The second kappa shape index (κ2) is 10.7. The largest absolute Gasteiger partial charge is 0.379 e. The summed E-state index contributed by atoms with van der Waals surface area (Å²) in [5.74, 6) is -0.179. The maximum Gasteiger partial charge on any atom is 0.266 e. The molecule has 2 heterocycles. The molecule has 1 N–H and O–H groups in total. The topological polar surface area (TPSA) is 61.9 Å². The van der Waals surface area contributed by atoms with E-state index in [1.54, 1.807) is 0 Å². The van der Waals surface area contributed by atoms with Gasteiger partial charge in [0.15, 0.2) is 0 Å². The Kier molecular flexibility index (Phi) is 8.02. The molecule has 0 aliphatic carbocycles. The van der Waals surface area contributed by atoms with Gasteiger partial charge in [-0.15, -0.1) is 0 Å². The summed E-state index contributed by atoms with van der Waals surface area (Å²) in [6.07, 6.45) is 3.00.